The molecule has 2 unspecified atom stereocenters. The van der Waals surface area contributed by atoms with Gasteiger partial charge in [0.15, 0.2) is 0 Å². The van der Waals surface area contributed by atoms with E-state index in [9.17, 15) is 0 Å². The Morgan fingerprint density at radius 3 is 2.53 bits per heavy atom. The topological polar surface area (TPSA) is 9.72 Å². The zero-order valence-corrected chi connectivity index (χ0v) is 11.0. The Kier molecular flexibility index (Phi) is 5.03. The highest BCUT2D eigenvalue weighted by molar-refractivity contribution is 4.79. The Balaban J connectivity index is 2.34. The Morgan fingerprint density at radius 1 is 1.27 bits per heavy atom. The molecule has 0 aromatic carbocycles. The molecule has 0 aliphatic carbocycles. The average Bonchev–Trinajstić information content (AvgIpc) is 2.10. The maximum absolute atomic E-state index is 2.52. The molecule has 1 rings (SSSR count). The van der Waals surface area contributed by atoms with E-state index < -0.39 is 0 Å². The third-order valence-corrected chi connectivity index (χ3v) is 3.32. The monoisotopic (exact) mass is 213 g/mol. The van der Waals surface area contributed by atoms with E-state index >= 15 is 0 Å². The van der Waals surface area contributed by atoms with Crippen molar-refractivity contribution in [1.29, 1.82) is 0 Å². The van der Waals surface area contributed by atoms with E-state index in [1.54, 1.807) is 0 Å². The van der Waals surface area contributed by atoms with Crippen LogP contribution in [0.2, 0.25) is 0 Å². The molecule has 90 valence electrons. The van der Waals surface area contributed by atoms with E-state index in [1.165, 1.54) is 25.9 Å². The second kappa shape index (κ2) is 5.83. The van der Waals surface area contributed by atoms with Crippen molar-refractivity contribution in [3.63, 3.8) is 0 Å². The highest BCUT2D eigenvalue weighted by Gasteiger charge is 2.24. The molecule has 1 aliphatic heterocycles. The molecule has 2 atom stereocenters. The number of rotatable bonds is 4. The van der Waals surface area contributed by atoms with E-state index in [-0.39, 0.29) is 0 Å². The molecule has 3 heteroatoms. The minimum absolute atomic E-state index is 0.749. The van der Waals surface area contributed by atoms with E-state index in [0.29, 0.717) is 0 Å². The fourth-order valence-corrected chi connectivity index (χ4v) is 2.48. The van der Waals surface area contributed by atoms with Crippen LogP contribution >= 0.6 is 0 Å². The van der Waals surface area contributed by atoms with Crippen molar-refractivity contribution in [3.8, 4) is 0 Å². The van der Waals surface area contributed by atoms with Crippen LogP contribution < -0.4 is 0 Å². The van der Waals surface area contributed by atoms with E-state index in [1.807, 2.05) is 0 Å². The van der Waals surface area contributed by atoms with Gasteiger partial charge >= 0.3 is 0 Å². The zero-order chi connectivity index (χ0) is 11.4. The molecule has 0 saturated carbocycles. The first-order valence-corrected chi connectivity index (χ1v) is 6.02. The normalized spacial score (nSPS) is 29.0. The van der Waals surface area contributed by atoms with Gasteiger partial charge in [-0.2, -0.15) is 0 Å². The highest BCUT2D eigenvalue weighted by atomic mass is 15.3. The van der Waals surface area contributed by atoms with Crippen LogP contribution in [0.1, 0.15) is 19.8 Å². The standard InChI is InChI=1S/C12H27N3/c1-11-6-7-15(5)12(8-11)9-14(4)10-13(2)3/h11-12H,6-10H2,1-5H3. The molecule has 0 radical (unpaired) electrons. The predicted octanol–water partition coefficient (Wildman–Crippen LogP) is 1.17. The molecule has 0 aromatic rings. The fraction of sp³-hybridized carbons (Fsp3) is 1.00. The lowest BCUT2D eigenvalue weighted by atomic mass is 9.93. The Hall–Kier alpha value is -0.120. The van der Waals surface area contributed by atoms with Gasteiger partial charge in [-0.25, -0.2) is 0 Å². The molecule has 15 heavy (non-hydrogen) atoms. The van der Waals surface area contributed by atoms with Gasteiger partial charge in [-0.15, -0.1) is 0 Å². The van der Waals surface area contributed by atoms with Crippen LogP contribution in [0.3, 0.4) is 0 Å². The first-order chi connectivity index (χ1) is 6.99. The third-order valence-electron chi connectivity index (χ3n) is 3.32. The lowest BCUT2D eigenvalue weighted by molar-refractivity contribution is 0.0969. The van der Waals surface area contributed by atoms with Gasteiger partial charge in [0.05, 0.1) is 0 Å². The van der Waals surface area contributed by atoms with Crippen molar-refractivity contribution >= 4 is 0 Å². The first-order valence-electron chi connectivity index (χ1n) is 6.02. The van der Waals surface area contributed by atoms with Gasteiger partial charge in [-0.05, 0) is 53.5 Å². The summed E-state index contributed by atoms with van der Waals surface area (Å²) < 4.78 is 0. The smallest absolute Gasteiger partial charge is 0.0498 e. The number of likely N-dealkylation sites (tertiary alicyclic amines) is 1. The molecular weight excluding hydrogens is 186 g/mol. The van der Waals surface area contributed by atoms with Crippen molar-refractivity contribution in [1.82, 2.24) is 14.7 Å². The van der Waals surface area contributed by atoms with Gasteiger partial charge in [0.25, 0.3) is 0 Å². The van der Waals surface area contributed by atoms with Crippen LogP contribution in [0.25, 0.3) is 0 Å². The zero-order valence-electron chi connectivity index (χ0n) is 11.0. The SMILES string of the molecule is CC1CCN(C)C(CN(C)CN(C)C)C1. The van der Waals surface area contributed by atoms with Gasteiger partial charge in [0, 0.05) is 19.3 Å². The minimum atomic E-state index is 0.749. The predicted molar refractivity (Wildman–Crippen MR) is 66.0 cm³/mol. The van der Waals surface area contributed by atoms with Crippen LogP contribution in [0.15, 0.2) is 0 Å². The van der Waals surface area contributed by atoms with Crippen LogP contribution in [0.5, 0.6) is 0 Å². The summed E-state index contributed by atoms with van der Waals surface area (Å²) in [6.45, 7) is 5.89. The Labute approximate surface area is 95.0 Å². The summed E-state index contributed by atoms with van der Waals surface area (Å²) in [6, 6.07) is 0.749. The number of likely N-dealkylation sites (N-methyl/N-ethyl adjacent to an activating group) is 2. The molecule has 0 N–H and O–H groups in total. The molecule has 1 fully saturated rings. The lowest BCUT2D eigenvalue weighted by Gasteiger charge is -2.38. The average molecular weight is 213 g/mol. The van der Waals surface area contributed by atoms with Crippen molar-refractivity contribution < 1.29 is 0 Å². The number of nitrogens with zero attached hydrogens (tertiary/aromatic N) is 3. The second-order valence-electron chi connectivity index (χ2n) is 5.52. The summed E-state index contributed by atoms with van der Waals surface area (Å²) in [5, 5.41) is 0. The molecule has 3 nitrogen and oxygen atoms in total. The van der Waals surface area contributed by atoms with Gasteiger partial charge in [0.1, 0.15) is 0 Å². The van der Waals surface area contributed by atoms with Gasteiger partial charge in [-0.1, -0.05) is 6.92 Å². The van der Waals surface area contributed by atoms with Crippen molar-refractivity contribution in [3.05, 3.63) is 0 Å². The van der Waals surface area contributed by atoms with Crippen LogP contribution in [-0.2, 0) is 0 Å². The Bertz CT molecular complexity index is 182. The van der Waals surface area contributed by atoms with Crippen LogP contribution in [0, 0.1) is 5.92 Å². The van der Waals surface area contributed by atoms with Gasteiger partial charge in [0.2, 0.25) is 0 Å². The maximum Gasteiger partial charge on any atom is 0.0498 e. The maximum atomic E-state index is 2.52. The molecule has 1 saturated heterocycles. The summed E-state index contributed by atoms with van der Waals surface area (Å²) in [7, 11) is 8.74. The summed E-state index contributed by atoms with van der Waals surface area (Å²) in [4.78, 5) is 7.16. The molecule has 0 spiro atoms. The quantitative estimate of drug-likeness (QED) is 0.649. The Morgan fingerprint density at radius 2 is 1.93 bits per heavy atom. The highest BCUT2D eigenvalue weighted by Crippen LogP contribution is 2.21. The van der Waals surface area contributed by atoms with Crippen molar-refractivity contribution in [2.24, 2.45) is 5.92 Å². The lowest BCUT2D eigenvalue weighted by Crippen LogP contribution is -2.47. The molecule has 1 heterocycles. The molecule has 0 aromatic heterocycles. The number of hydrogen-bond acceptors (Lipinski definition) is 3. The third kappa shape index (κ3) is 4.49. The van der Waals surface area contributed by atoms with E-state index in [0.717, 1.165) is 18.6 Å². The van der Waals surface area contributed by atoms with Crippen molar-refractivity contribution in [2.45, 2.75) is 25.8 Å². The molecule has 0 amide bonds. The molecule has 1 aliphatic rings. The van der Waals surface area contributed by atoms with Crippen LogP contribution in [-0.4, -0.2) is 68.7 Å². The second-order valence-corrected chi connectivity index (χ2v) is 5.52. The summed E-state index contributed by atoms with van der Waals surface area (Å²) >= 11 is 0. The molecular formula is C12H27N3. The van der Waals surface area contributed by atoms with E-state index in [2.05, 4.69) is 49.8 Å². The summed E-state index contributed by atoms with van der Waals surface area (Å²) in [5.74, 6) is 0.902. The molecule has 0 bridgehead atoms. The number of hydrogen-bond donors (Lipinski definition) is 0. The van der Waals surface area contributed by atoms with Crippen LogP contribution in [0.4, 0.5) is 0 Å². The van der Waals surface area contributed by atoms with Gasteiger partial charge < -0.3 is 4.90 Å². The fourth-order valence-electron chi connectivity index (χ4n) is 2.48. The summed E-state index contributed by atoms with van der Waals surface area (Å²) in [5.41, 5.74) is 0. The first kappa shape index (κ1) is 12.9. The van der Waals surface area contributed by atoms with Crippen molar-refractivity contribution in [2.75, 3.05) is 47.9 Å². The summed E-state index contributed by atoms with van der Waals surface area (Å²) in [6.07, 6.45) is 2.72. The van der Waals surface area contributed by atoms with E-state index in [4.69, 9.17) is 0 Å². The minimum Gasteiger partial charge on any atom is -0.302 e. The largest absolute Gasteiger partial charge is 0.302 e. The van der Waals surface area contributed by atoms with Gasteiger partial charge in [-0.3, -0.25) is 9.80 Å². The number of piperidine rings is 1.